The minimum Gasteiger partial charge on any atom is -0.465 e. The molecule has 0 atom stereocenters. The molecule has 5 nitrogen and oxygen atoms in total. The number of thioether (sulfide) groups is 1. The molecule has 0 bridgehead atoms. The van der Waals surface area contributed by atoms with E-state index in [1.54, 1.807) is 48.5 Å². The Morgan fingerprint density at radius 3 is 2.48 bits per heavy atom. The topological polar surface area (TPSA) is 63.7 Å². The normalized spacial score (nSPS) is 15.5. The zero-order chi connectivity index (χ0) is 19.6. The highest BCUT2D eigenvalue weighted by Gasteiger charge is 2.35. The van der Waals surface area contributed by atoms with E-state index in [2.05, 4.69) is 4.74 Å². The molecule has 1 aliphatic heterocycles. The average Bonchev–Trinajstić information content (AvgIpc) is 2.91. The Bertz CT molecular complexity index is 957. The number of benzene rings is 2. The monoisotopic (exact) mass is 421 g/mol. The van der Waals surface area contributed by atoms with Gasteiger partial charge in [0.25, 0.3) is 11.1 Å². The van der Waals surface area contributed by atoms with Crippen LogP contribution >= 0.6 is 35.0 Å². The number of rotatable bonds is 4. The molecular formula is C19H13Cl2NO4S. The highest BCUT2D eigenvalue weighted by Crippen LogP contribution is 2.34. The van der Waals surface area contributed by atoms with Crippen LogP contribution in [0.15, 0.2) is 47.4 Å². The van der Waals surface area contributed by atoms with Crippen LogP contribution in [0.5, 0.6) is 0 Å². The second-order valence-corrected chi connectivity index (χ2v) is 7.45. The van der Waals surface area contributed by atoms with Gasteiger partial charge < -0.3 is 4.74 Å². The summed E-state index contributed by atoms with van der Waals surface area (Å²) in [6.07, 6.45) is 1.61. The summed E-state index contributed by atoms with van der Waals surface area (Å²) in [7, 11) is 1.30. The molecule has 1 heterocycles. The van der Waals surface area contributed by atoms with Crippen LogP contribution in [0, 0.1) is 0 Å². The standard InChI is InChI=1S/C19H13Cl2NO4S/c1-26-18(24)12-4-2-11(3-5-12)8-16-17(23)22(19(25)27-16)10-13-6-7-14(20)9-15(13)21/h2-9H,10H2,1H3/b16-8+. The first-order chi connectivity index (χ1) is 12.9. The molecule has 1 saturated heterocycles. The van der Waals surface area contributed by atoms with Gasteiger partial charge in [0.1, 0.15) is 0 Å². The third kappa shape index (κ3) is 4.35. The third-order valence-corrected chi connectivity index (χ3v) is 5.34. The van der Waals surface area contributed by atoms with E-state index < -0.39 is 11.9 Å². The number of hydrogen-bond acceptors (Lipinski definition) is 5. The van der Waals surface area contributed by atoms with Gasteiger partial charge in [-0.15, -0.1) is 0 Å². The number of methoxy groups -OCH3 is 1. The molecule has 0 N–H and O–H groups in total. The Morgan fingerprint density at radius 1 is 1.15 bits per heavy atom. The molecule has 0 aromatic heterocycles. The molecule has 2 aromatic carbocycles. The van der Waals surface area contributed by atoms with Crippen molar-refractivity contribution in [3.05, 3.63) is 74.1 Å². The Morgan fingerprint density at radius 2 is 1.85 bits per heavy atom. The maximum Gasteiger partial charge on any atom is 0.337 e. The average molecular weight is 422 g/mol. The fraction of sp³-hybridized carbons (Fsp3) is 0.105. The van der Waals surface area contributed by atoms with Crippen LogP contribution in [0.25, 0.3) is 6.08 Å². The van der Waals surface area contributed by atoms with E-state index in [1.807, 2.05) is 0 Å². The molecule has 3 rings (SSSR count). The lowest BCUT2D eigenvalue weighted by Crippen LogP contribution is -2.27. The lowest BCUT2D eigenvalue weighted by atomic mass is 10.1. The minimum atomic E-state index is -0.443. The van der Waals surface area contributed by atoms with Gasteiger partial charge in [0.15, 0.2) is 0 Å². The molecule has 138 valence electrons. The number of halogens is 2. The Kier molecular flexibility index (Phi) is 5.89. The second kappa shape index (κ2) is 8.17. The number of ether oxygens (including phenoxy) is 1. The summed E-state index contributed by atoms with van der Waals surface area (Å²) < 4.78 is 4.65. The molecule has 1 fully saturated rings. The van der Waals surface area contributed by atoms with Crippen molar-refractivity contribution in [3.8, 4) is 0 Å². The first kappa shape index (κ1) is 19.5. The summed E-state index contributed by atoms with van der Waals surface area (Å²) in [5.74, 6) is -0.838. The van der Waals surface area contributed by atoms with E-state index >= 15 is 0 Å². The van der Waals surface area contributed by atoms with Gasteiger partial charge >= 0.3 is 5.97 Å². The smallest absolute Gasteiger partial charge is 0.337 e. The minimum absolute atomic E-state index is 0.0687. The van der Waals surface area contributed by atoms with Crippen molar-refractivity contribution in [1.29, 1.82) is 0 Å². The van der Waals surface area contributed by atoms with Crippen LogP contribution in [0.2, 0.25) is 10.0 Å². The van der Waals surface area contributed by atoms with E-state index in [0.29, 0.717) is 31.6 Å². The van der Waals surface area contributed by atoms with Crippen molar-refractivity contribution >= 4 is 58.2 Å². The first-order valence-electron chi connectivity index (χ1n) is 7.76. The molecule has 0 saturated carbocycles. The summed E-state index contributed by atoms with van der Waals surface area (Å²) in [4.78, 5) is 37.7. The second-order valence-electron chi connectivity index (χ2n) is 5.62. The van der Waals surface area contributed by atoms with E-state index in [9.17, 15) is 14.4 Å². The van der Waals surface area contributed by atoms with E-state index in [-0.39, 0.29) is 11.8 Å². The highest BCUT2D eigenvalue weighted by molar-refractivity contribution is 8.18. The van der Waals surface area contributed by atoms with Gasteiger partial charge in [-0.25, -0.2) is 4.79 Å². The molecule has 0 aliphatic carbocycles. The van der Waals surface area contributed by atoms with Crippen LogP contribution < -0.4 is 0 Å². The molecule has 8 heteroatoms. The van der Waals surface area contributed by atoms with Crippen molar-refractivity contribution in [3.63, 3.8) is 0 Å². The molecule has 0 radical (unpaired) electrons. The predicted octanol–water partition coefficient (Wildman–Crippen LogP) is 5.02. The van der Waals surface area contributed by atoms with Crippen LogP contribution in [0.4, 0.5) is 4.79 Å². The van der Waals surface area contributed by atoms with Gasteiger partial charge in [-0.05, 0) is 53.2 Å². The van der Waals surface area contributed by atoms with Gasteiger partial charge in [-0.2, -0.15) is 0 Å². The highest BCUT2D eigenvalue weighted by atomic mass is 35.5. The number of esters is 1. The fourth-order valence-electron chi connectivity index (χ4n) is 2.44. The number of imide groups is 1. The van der Waals surface area contributed by atoms with Crippen molar-refractivity contribution in [2.45, 2.75) is 6.54 Å². The van der Waals surface area contributed by atoms with E-state index in [1.165, 1.54) is 7.11 Å². The molecule has 27 heavy (non-hydrogen) atoms. The van der Waals surface area contributed by atoms with Gasteiger partial charge in [-0.1, -0.05) is 41.4 Å². The summed E-state index contributed by atoms with van der Waals surface area (Å²) in [6.45, 7) is 0.0687. The largest absolute Gasteiger partial charge is 0.465 e. The number of hydrogen-bond donors (Lipinski definition) is 0. The lowest BCUT2D eigenvalue weighted by molar-refractivity contribution is -0.123. The summed E-state index contributed by atoms with van der Waals surface area (Å²) in [5.41, 5.74) is 1.73. The predicted molar refractivity (Wildman–Crippen MR) is 106 cm³/mol. The summed E-state index contributed by atoms with van der Waals surface area (Å²) in [5, 5.41) is 0.501. The van der Waals surface area contributed by atoms with Crippen LogP contribution in [0.1, 0.15) is 21.5 Å². The van der Waals surface area contributed by atoms with Crippen molar-refractivity contribution in [2.24, 2.45) is 0 Å². The van der Waals surface area contributed by atoms with Gasteiger partial charge in [0.2, 0.25) is 0 Å². The zero-order valence-corrected chi connectivity index (χ0v) is 16.4. The number of amides is 2. The summed E-state index contributed by atoms with van der Waals surface area (Å²) in [6, 6.07) is 11.4. The Labute approximate surface area is 169 Å². The molecule has 2 aromatic rings. The Balaban J connectivity index is 1.79. The van der Waals surface area contributed by atoms with Crippen LogP contribution in [-0.4, -0.2) is 29.1 Å². The number of nitrogens with zero attached hydrogens (tertiary/aromatic N) is 1. The number of carbonyl (C=O) groups excluding carboxylic acids is 3. The van der Waals surface area contributed by atoms with Crippen LogP contribution in [0.3, 0.4) is 0 Å². The van der Waals surface area contributed by atoms with Gasteiger partial charge in [0, 0.05) is 10.0 Å². The zero-order valence-electron chi connectivity index (χ0n) is 14.1. The molecule has 1 aliphatic rings. The van der Waals surface area contributed by atoms with Crippen LogP contribution in [-0.2, 0) is 16.1 Å². The molecule has 2 amide bonds. The Hall–Kier alpha value is -2.28. The summed E-state index contributed by atoms with van der Waals surface area (Å²) >= 11 is 12.9. The molecule has 0 spiro atoms. The molecule has 0 unspecified atom stereocenters. The van der Waals surface area contributed by atoms with Gasteiger partial charge in [0.05, 0.1) is 24.1 Å². The van der Waals surface area contributed by atoms with E-state index in [4.69, 9.17) is 23.2 Å². The molecular weight excluding hydrogens is 409 g/mol. The third-order valence-electron chi connectivity index (χ3n) is 3.85. The maximum absolute atomic E-state index is 12.6. The van der Waals surface area contributed by atoms with Crippen molar-refractivity contribution < 1.29 is 19.1 Å². The van der Waals surface area contributed by atoms with Gasteiger partial charge in [-0.3, -0.25) is 14.5 Å². The first-order valence-corrected chi connectivity index (χ1v) is 9.34. The SMILES string of the molecule is COC(=O)c1ccc(/C=C2/SC(=O)N(Cc3ccc(Cl)cc3Cl)C2=O)cc1. The lowest BCUT2D eigenvalue weighted by Gasteiger charge is -2.13. The fourth-order valence-corrected chi connectivity index (χ4v) is 3.75. The number of carbonyl (C=O) groups is 3. The maximum atomic E-state index is 12.6. The quantitative estimate of drug-likeness (QED) is 0.512. The van der Waals surface area contributed by atoms with E-state index in [0.717, 1.165) is 16.7 Å². The van der Waals surface area contributed by atoms with Crippen molar-refractivity contribution in [1.82, 2.24) is 4.90 Å². The van der Waals surface area contributed by atoms with Crippen molar-refractivity contribution in [2.75, 3.05) is 7.11 Å².